The second kappa shape index (κ2) is 9.20. The number of carbonyl (C=O) groups is 1. The van der Waals surface area contributed by atoms with Gasteiger partial charge in [0, 0.05) is 13.0 Å². The molecule has 0 radical (unpaired) electrons. The van der Waals surface area contributed by atoms with Crippen molar-refractivity contribution in [2.24, 2.45) is 11.1 Å². The van der Waals surface area contributed by atoms with Crippen molar-refractivity contribution in [1.29, 1.82) is 0 Å². The minimum Gasteiger partial charge on any atom is -0.491 e. The van der Waals surface area contributed by atoms with Crippen LogP contribution < -0.4 is 15.8 Å². The van der Waals surface area contributed by atoms with Gasteiger partial charge in [0.15, 0.2) is 0 Å². The van der Waals surface area contributed by atoms with Crippen molar-refractivity contribution in [1.82, 2.24) is 5.32 Å². The highest BCUT2D eigenvalue weighted by molar-refractivity contribution is 5.76. The molecule has 1 atom stereocenters. The van der Waals surface area contributed by atoms with E-state index in [9.17, 15) is 9.90 Å². The van der Waals surface area contributed by atoms with Gasteiger partial charge in [0.05, 0.1) is 12.2 Å². The predicted octanol–water partition coefficient (Wildman–Crippen LogP) is 2.92. The average molecular weight is 348 g/mol. The monoisotopic (exact) mass is 348 g/mol. The van der Waals surface area contributed by atoms with E-state index in [4.69, 9.17) is 10.5 Å². The maximum Gasteiger partial charge on any atom is 0.220 e. The van der Waals surface area contributed by atoms with Crippen molar-refractivity contribution in [3.63, 3.8) is 0 Å². The number of nitrogens with two attached hydrogens (primary N) is 1. The molecule has 4 N–H and O–H groups in total. The Hall–Kier alpha value is -1.59. The summed E-state index contributed by atoms with van der Waals surface area (Å²) in [5, 5.41) is 13.1. The number of hydrogen-bond acceptors (Lipinski definition) is 4. The van der Waals surface area contributed by atoms with Gasteiger partial charge < -0.3 is 20.9 Å². The summed E-state index contributed by atoms with van der Waals surface area (Å²) in [5.41, 5.74) is 6.65. The second-order valence-corrected chi connectivity index (χ2v) is 7.50. The second-order valence-electron chi connectivity index (χ2n) is 7.50. The lowest BCUT2D eigenvalue weighted by Gasteiger charge is -2.35. The van der Waals surface area contributed by atoms with Gasteiger partial charge in [-0.25, -0.2) is 0 Å². The van der Waals surface area contributed by atoms with Crippen LogP contribution in [0.4, 0.5) is 0 Å². The van der Waals surface area contributed by atoms with Gasteiger partial charge in [-0.05, 0) is 56.3 Å². The largest absolute Gasteiger partial charge is 0.491 e. The molecular formula is C20H32N2O3. The number of carbonyl (C=O) groups excluding carboxylic acids is 1. The Labute approximate surface area is 150 Å². The molecule has 1 aliphatic carbocycles. The summed E-state index contributed by atoms with van der Waals surface area (Å²) in [7, 11) is 0. The molecule has 2 rings (SSSR count). The van der Waals surface area contributed by atoms with E-state index in [1.54, 1.807) is 0 Å². The van der Waals surface area contributed by atoms with Gasteiger partial charge in [0.2, 0.25) is 5.91 Å². The van der Waals surface area contributed by atoms with Crippen LogP contribution in [0.2, 0.25) is 0 Å². The van der Waals surface area contributed by atoms with E-state index in [0.29, 0.717) is 13.0 Å². The van der Waals surface area contributed by atoms with E-state index in [-0.39, 0.29) is 24.0 Å². The van der Waals surface area contributed by atoms with Crippen LogP contribution in [0, 0.1) is 5.41 Å². The molecular weight excluding hydrogens is 316 g/mol. The van der Waals surface area contributed by atoms with Crippen molar-refractivity contribution in [3.05, 3.63) is 29.8 Å². The Balaban J connectivity index is 1.82. The molecule has 5 heteroatoms. The van der Waals surface area contributed by atoms with Crippen LogP contribution in [-0.2, 0) is 4.79 Å². The summed E-state index contributed by atoms with van der Waals surface area (Å²) < 4.78 is 5.59. The van der Waals surface area contributed by atoms with Gasteiger partial charge >= 0.3 is 0 Å². The topological polar surface area (TPSA) is 84.6 Å². The van der Waals surface area contributed by atoms with Crippen molar-refractivity contribution >= 4 is 5.91 Å². The fourth-order valence-electron chi connectivity index (χ4n) is 3.53. The molecule has 1 amide bonds. The maximum absolute atomic E-state index is 12.3. The van der Waals surface area contributed by atoms with Gasteiger partial charge in [-0.1, -0.05) is 31.4 Å². The van der Waals surface area contributed by atoms with Gasteiger partial charge in [0.1, 0.15) is 5.75 Å². The third kappa shape index (κ3) is 6.01. The standard InChI is InChI=1S/C20H32N2O3/c1-15(2)25-17-8-6-16(7-9-17)18(23)13-22-19(24)12-20(14-21)10-4-3-5-11-20/h6-9,15,18,23H,3-5,10-14,21H2,1-2H3,(H,22,24). The molecule has 1 fully saturated rings. The molecule has 1 aliphatic rings. The van der Waals surface area contributed by atoms with E-state index in [1.165, 1.54) is 6.42 Å². The summed E-state index contributed by atoms with van der Waals surface area (Å²) >= 11 is 0. The van der Waals surface area contributed by atoms with Crippen molar-refractivity contribution in [2.75, 3.05) is 13.1 Å². The van der Waals surface area contributed by atoms with Gasteiger partial charge in [-0.3, -0.25) is 4.79 Å². The highest BCUT2D eigenvalue weighted by Crippen LogP contribution is 2.38. The zero-order valence-corrected chi connectivity index (χ0v) is 15.5. The summed E-state index contributed by atoms with van der Waals surface area (Å²) in [5.74, 6) is 0.753. The van der Waals surface area contributed by atoms with Crippen LogP contribution >= 0.6 is 0 Å². The first-order chi connectivity index (χ1) is 11.9. The molecule has 5 nitrogen and oxygen atoms in total. The van der Waals surface area contributed by atoms with E-state index < -0.39 is 6.10 Å². The highest BCUT2D eigenvalue weighted by Gasteiger charge is 2.32. The molecule has 0 spiro atoms. The molecule has 0 saturated heterocycles. The number of rotatable bonds is 8. The zero-order valence-electron chi connectivity index (χ0n) is 15.5. The first kappa shape index (κ1) is 19.7. The summed E-state index contributed by atoms with van der Waals surface area (Å²) in [4.78, 5) is 12.3. The van der Waals surface area contributed by atoms with Gasteiger partial charge in [0.25, 0.3) is 0 Å². The van der Waals surface area contributed by atoms with Crippen molar-refractivity contribution < 1.29 is 14.6 Å². The van der Waals surface area contributed by atoms with E-state index in [1.807, 2.05) is 38.1 Å². The van der Waals surface area contributed by atoms with Gasteiger partial charge in [-0.15, -0.1) is 0 Å². The van der Waals surface area contributed by atoms with Crippen LogP contribution in [0.5, 0.6) is 5.75 Å². The lowest BCUT2D eigenvalue weighted by molar-refractivity contribution is -0.124. The summed E-state index contributed by atoms with van der Waals surface area (Å²) in [6, 6.07) is 7.34. The lowest BCUT2D eigenvalue weighted by atomic mass is 9.71. The molecule has 0 aromatic heterocycles. The SMILES string of the molecule is CC(C)Oc1ccc(C(O)CNC(=O)CC2(CN)CCCCC2)cc1. The third-order valence-corrected chi connectivity index (χ3v) is 5.01. The molecule has 0 aliphatic heterocycles. The molecule has 1 saturated carbocycles. The van der Waals surface area contributed by atoms with Gasteiger partial charge in [-0.2, -0.15) is 0 Å². The minimum absolute atomic E-state index is 0.0221. The highest BCUT2D eigenvalue weighted by atomic mass is 16.5. The third-order valence-electron chi connectivity index (χ3n) is 5.01. The van der Waals surface area contributed by atoms with Crippen molar-refractivity contribution in [2.45, 2.75) is 64.6 Å². The van der Waals surface area contributed by atoms with E-state index >= 15 is 0 Å². The Morgan fingerprint density at radius 2 is 1.88 bits per heavy atom. The molecule has 1 unspecified atom stereocenters. The number of ether oxygens (including phenoxy) is 1. The first-order valence-electron chi connectivity index (χ1n) is 9.35. The number of aliphatic hydroxyl groups is 1. The predicted molar refractivity (Wildman–Crippen MR) is 99.4 cm³/mol. The molecule has 1 aromatic rings. The number of benzene rings is 1. The smallest absolute Gasteiger partial charge is 0.220 e. The molecule has 140 valence electrons. The first-order valence-corrected chi connectivity index (χ1v) is 9.35. The fraction of sp³-hybridized carbons (Fsp3) is 0.650. The molecule has 0 bridgehead atoms. The minimum atomic E-state index is -0.725. The molecule has 25 heavy (non-hydrogen) atoms. The van der Waals surface area contributed by atoms with Crippen LogP contribution in [0.25, 0.3) is 0 Å². The normalized spacial score (nSPS) is 18.0. The summed E-state index contributed by atoms with van der Waals surface area (Å²) in [6.07, 6.45) is 5.43. The molecule has 1 aromatic carbocycles. The number of aliphatic hydroxyl groups excluding tert-OH is 1. The lowest BCUT2D eigenvalue weighted by Crippen LogP contribution is -2.39. The number of hydrogen-bond donors (Lipinski definition) is 3. The van der Waals surface area contributed by atoms with E-state index in [2.05, 4.69) is 5.32 Å². The number of nitrogens with one attached hydrogen (secondary N) is 1. The van der Waals surface area contributed by atoms with Crippen LogP contribution in [0.3, 0.4) is 0 Å². The van der Waals surface area contributed by atoms with E-state index in [0.717, 1.165) is 37.0 Å². The Bertz CT molecular complexity index is 536. The Morgan fingerprint density at radius 3 is 2.44 bits per heavy atom. The van der Waals surface area contributed by atoms with Crippen LogP contribution in [-0.4, -0.2) is 30.2 Å². The van der Waals surface area contributed by atoms with Crippen molar-refractivity contribution in [3.8, 4) is 5.75 Å². The Kier molecular flexibility index (Phi) is 7.26. The van der Waals surface area contributed by atoms with Crippen LogP contribution in [0.1, 0.15) is 64.0 Å². The molecule has 0 heterocycles. The van der Waals surface area contributed by atoms with Crippen LogP contribution in [0.15, 0.2) is 24.3 Å². The average Bonchev–Trinajstić information content (AvgIpc) is 2.60. The summed E-state index contributed by atoms with van der Waals surface area (Å²) in [6.45, 7) is 4.71. The quantitative estimate of drug-likeness (QED) is 0.674. The zero-order chi connectivity index (χ0) is 18.3. The maximum atomic E-state index is 12.3. The fourth-order valence-corrected chi connectivity index (χ4v) is 3.53. The Morgan fingerprint density at radius 1 is 1.24 bits per heavy atom. The number of amides is 1.